The van der Waals surface area contributed by atoms with Gasteiger partial charge in [-0.2, -0.15) is 0 Å². The van der Waals surface area contributed by atoms with Gasteiger partial charge in [0.1, 0.15) is 11.2 Å². The topological polar surface area (TPSA) is 69.6 Å². The molecule has 0 spiro atoms. The maximum absolute atomic E-state index is 11.9. The van der Waals surface area contributed by atoms with Crippen LogP contribution in [0.3, 0.4) is 0 Å². The van der Waals surface area contributed by atoms with Gasteiger partial charge < -0.3 is 14.9 Å². The van der Waals surface area contributed by atoms with E-state index >= 15 is 0 Å². The molecule has 2 N–H and O–H groups in total. The molecule has 2 rings (SSSR count). The Balaban J connectivity index is 2.32. The molecule has 18 heavy (non-hydrogen) atoms. The summed E-state index contributed by atoms with van der Waals surface area (Å²) in [6.45, 7) is 5.89. The Kier molecular flexibility index (Phi) is 3.09. The van der Waals surface area contributed by atoms with Crippen LogP contribution >= 0.6 is 0 Å². The molecule has 0 saturated carbocycles. The molecule has 2 aromatic rings. The van der Waals surface area contributed by atoms with Crippen LogP contribution in [0.25, 0.3) is 5.65 Å². The Hall–Kier alpha value is -1.88. The molecule has 0 aliphatic carbocycles. The third kappa shape index (κ3) is 2.68. The maximum atomic E-state index is 11.9. The second-order valence-electron chi connectivity index (χ2n) is 5.12. The second-order valence-corrected chi connectivity index (χ2v) is 5.12. The zero-order valence-corrected chi connectivity index (χ0v) is 10.8. The minimum absolute atomic E-state index is 0.345. The van der Waals surface area contributed by atoms with E-state index in [1.54, 1.807) is 18.3 Å². The summed E-state index contributed by atoms with van der Waals surface area (Å²) in [6, 6.07) is 3.41. The lowest BCUT2D eigenvalue weighted by Crippen LogP contribution is -2.23. The van der Waals surface area contributed by atoms with Crippen LogP contribution in [0.4, 0.5) is 0 Å². The molecule has 0 amide bonds. The van der Waals surface area contributed by atoms with Gasteiger partial charge in [-0.25, -0.2) is 9.78 Å². The van der Waals surface area contributed by atoms with Crippen molar-refractivity contribution >= 4 is 11.6 Å². The van der Waals surface area contributed by atoms with E-state index in [-0.39, 0.29) is 5.97 Å². The fourth-order valence-corrected chi connectivity index (χ4v) is 1.60. The van der Waals surface area contributed by atoms with Gasteiger partial charge in [-0.05, 0) is 32.9 Å². The van der Waals surface area contributed by atoms with Crippen LogP contribution in [-0.2, 0) is 11.3 Å². The van der Waals surface area contributed by atoms with Gasteiger partial charge in [0.25, 0.3) is 0 Å². The van der Waals surface area contributed by atoms with E-state index in [2.05, 4.69) is 4.98 Å². The average Bonchev–Trinajstić information content (AvgIpc) is 2.68. The molecule has 0 aromatic carbocycles. The molecule has 5 nitrogen and oxygen atoms in total. The lowest BCUT2D eigenvalue weighted by molar-refractivity contribution is 0.00695. The lowest BCUT2D eigenvalue weighted by Gasteiger charge is -2.19. The Morgan fingerprint density at radius 1 is 1.50 bits per heavy atom. The molecule has 0 aliphatic rings. The van der Waals surface area contributed by atoms with E-state index in [9.17, 15) is 4.79 Å². The van der Waals surface area contributed by atoms with Gasteiger partial charge in [0.15, 0.2) is 0 Å². The smallest absolute Gasteiger partial charge is 0.338 e. The van der Waals surface area contributed by atoms with Gasteiger partial charge in [-0.1, -0.05) is 0 Å². The summed E-state index contributed by atoms with van der Waals surface area (Å²) in [5.74, 6) is -0.345. The molecule has 96 valence electrons. The Labute approximate surface area is 106 Å². The number of aromatic nitrogens is 2. The van der Waals surface area contributed by atoms with Gasteiger partial charge >= 0.3 is 5.97 Å². The first-order valence-electron chi connectivity index (χ1n) is 5.80. The first-order valence-corrected chi connectivity index (χ1v) is 5.80. The van der Waals surface area contributed by atoms with E-state index in [4.69, 9.17) is 10.5 Å². The largest absolute Gasteiger partial charge is 0.456 e. The normalized spacial score (nSPS) is 11.8. The van der Waals surface area contributed by atoms with E-state index in [1.165, 1.54) is 0 Å². The van der Waals surface area contributed by atoms with E-state index in [0.29, 0.717) is 17.8 Å². The summed E-state index contributed by atoms with van der Waals surface area (Å²) in [6.07, 6.45) is 3.62. The highest BCUT2D eigenvalue weighted by atomic mass is 16.6. The van der Waals surface area contributed by atoms with Crippen molar-refractivity contribution in [3.05, 3.63) is 35.8 Å². The number of ether oxygens (including phenoxy) is 1. The van der Waals surface area contributed by atoms with Crippen LogP contribution < -0.4 is 5.73 Å². The molecule has 0 radical (unpaired) electrons. The Morgan fingerprint density at radius 2 is 2.22 bits per heavy atom. The second kappa shape index (κ2) is 4.42. The molecule has 0 bridgehead atoms. The molecule has 2 heterocycles. The number of nitrogens with two attached hydrogens (primary N) is 1. The van der Waals surface area contributed by atoms with Crippen molar-refractivity contribution in [1.29, 1.82) is 0 Å². The zero-order chi connectivity index (χ0) is 13.3. The van der Waals surface area contributed by atoms with Crippen LogP contribution in [0.1, 0.15) is 36.8 Å². The molecule has 0 atom stereocenters. The molecule has 5 heteroatoms. The monoisotopic (exact) mass is 247 g/mol. The summed E-state index contributed by atoms with van der Waals surface area (Å²) in [4.78, 5) is 16.2. The van der Waals surface area contributed by atoms with E-state index < -0.39 is 5.60 Å². The first kappa shape index (κ1) is 12.6. The molecule has 0 unspecified atom stereocenters. The van der Waals surface area contributed by atoms with Crippen molar-refractivity contribution in [2.45, 2.75) is 32.9 Å². The number of rotatable bonds is 2. The van der Waals surface area contributed by atoms with Crippen molar-refractivity contribution in [3.63, 3.8) is 0 Å². The number of fused-ring (bicyclic) bond motifs is 1. The number of hydrogen-bond donors (Lipinski definition) is 1. The summed E-state index contributed by atoms with van der Waals surface area (Å²) in [7, 11) is 0. The van der Waals surface area contributed by atoms with Crippen molar-refractivity contribution in [1.82, 2.24) is 9.38 Å². The maximum Gasteiger partial charge on any atom is 0.338 e. The molecular weight excluding hydrogens is 230 g/mol. The van der Waals surface area contributed by atoms with Gasteiger partial charge in [0.2, 0.25) is 0 Å². The minimum Gasteiger partial charge on any atom is -0.456 e. The van der Waals surface area contributed by atoms with Crippen LogP contribution in [0.15, 0.2) is 24.5 Å². The number of pyridine rings is 1. The standard InChI is InChI=1S/C13H17N3O2/c1-13(2,3)18-12(17)9-4-5-16-8-10(7-14)15-11(16)6-9/h4-6,8H,7,14H2,1-3H3. The van der Waals surface area contributed by atoms with Gasteiger partial charge in [0, 0.05) is 18.9 Å². The average molecular weight is 247 g/mol. The van der Waals surface area contributed by atoms with E-state index in [1.807, 2.05) is 31.4 Å². The van der Waals surface area contributed by atoms with Gasteiger partial charge in [0.05, 0.1) is 11.3 Å². The number of carbonyl (C=O) groups excluding carboxylic acids is 1. The zero-order valence-electron chi connectivity index (χ0n) is 10.8. The van der Waals surface area contributed by atoms with E-state index in [0.717, 1.165) is 5.69 Å². The van der Waals surface area contributed by atoms with Crippen LogP contribution in [0, 0.1) is 0 Å². The highest BCUT2D eigenvalue weighted by Crippen LogP contribution is 2.14. The van der Waals surface area contributed by atoms with Crippen LogP contribution in [0.2, 0.25) is 0 Å². The third-order valence-corrected chi connectivity index (χ3v) is 2.35. The summed E-state index contributed by atoms with van der Waals surface area (Å²) in [5, 5.41) is 0. The number of carbonyl (C=O) groups is 1. The highest BCUT2D eigenvalue weighted by Gasteiger charge is 2.18. The number of esters is 1. The number of imidazole rings is 1. The van der Waals surface area contributed by atoms with Crippen molar-refractivity contribution < 1.29 is 9.53 Å². The predicted molar refractivity (Wildman–Crippen MR) is 68.3 cm³/mol. The summed E-state index contributed by atoms with van der Waals surface area (Å²) in [5.41, 5.74) is 7.00. The molecule has 2 aromatic heterocycles. The third-order valence-electron chi connectivity index (χ3n) is 2.35. The predicted octanol–water partition coefficient (Wildman–Crippen LogP) is 1.75. The highest BCUT2D eigenvalue weighted by molar-refractivity contribution is 5.90. The SMILES string of the molecule is CC(C)(C)OC(=O)c1ccn2cc(CN)nc2c1. The molecular formula is C13H17N3O2. The van der Waals surface area contributed by atoms with Crippen LogP contribution in [0.5, 0.6) is 0 Å². The molecule has 0 aliphatic heterocycles. The molecule has 0 saturated heterocycles. The Morgan fingerprint density at radius 3 is 2.83 bits per heavy atom. The van der Waals surface area contributed by atoms with Gasteiger partial charge in [-0.3, -0.25) is 0 Å². The quantitative estimate of drug-likeness (QED) is 0.821. The van der Waals surface area contributed by atoms with Crippen molar-refractivity contribution in [2.75, 3.05) is 0 Å². The number of hydrogen-bond acceptors (Lipinski definition) is 4. The first-order chi connectivity index (χ1) is 8.39. The fourth-order valence-electron chi connectivity index (χ4n) is 1.60. The molecule has 0 fully saturated rings. The fraction of sp³-hybridized carbons (Fsp3) is 0.385. The number of nitrogens with zero attached hydrogens (tertiary/aromatic N) is 2. The summed E-state index contributed by atoms with van der Waals surface area (Å²) >= 11 is 0. The van der Waals surface area contributed by atoms with Crippen molar-refractivity contribution in [3.8, 4) is 0 Å². The van der Waals surface area contributed by atoms with Crippen molar-refractivity contribution in [2.24, 2.45) is 5.73 Å². The van der Waals surface area contributed by atoms with Gasteiger partial charge in [-0.15, -0.1) is 0 Å². The Bertz CT molecular complexity index is 581. The lowest BCUT2D eigenvalue weighted by atomic mass is 10.2. The van der Waals surface area contributed by atoms with Crippen LogP contribution in [-0.4, -0.2) is 21.0 Å². The summed E-state index contributed by atoms with van der Waals surface area (Å²) < 4.78 is 7.13. The minimum atomic E-state index is -0.499.